The molecule has 0 aliphatic carbocycles. The number of halogens is 1. The normalized spacial score (nSPS) is 17.8. The molecule has 8 nitrogen and oxygen atoms in total. The average Bonchev–Trinajstić information content (AvgIpc) is 3.03. The minimum absolute atomic E-state index is 0.105. The van der Waals surface area contributed by atoms with Crippen LogP contribution in [0.1, 0.15) is 27.2 Å². The number of fused-ring (bicyclic) bond motifs is 1. The van der Waals surface area contributed by atoms with Crippen LogP contribution in [0.25, 0.3) is 11.0 Å². The van der Waals surface area contributed by atoms with Crippen molar-refractivity contribution in [3.05, 3.63) is 17.7 Å². The number of hydrogen-bond acceptors (Lipinski definition) is 7. The molecule has 3 rings (SSSR count). The second kappa shape index (κ2) is 6.59. The number of likely N-dealkylation sites (N-methyl/N-ethyl adjacent to an activating group) is 1. The number of aromatic nitrogens is 4. The molecule has 1 atom stereocenters. The summed E-state index contributed by atoms with van der Waals surface area (Å²) in [6.45, 7) is 6.78. The zero-order valence-corrected chi connectivity index (χ0v) is 15.5. The first-order valence-corrected chi connectivity index (χ1v) is 8.46. The molecule has 1 saturated heterocycles. The van der Waals surface area contributed by atoms with Crippen molar-refractivity contribution in [1.29, 1.82) is 0 Å². The van der Waals surface area contributed by atoms with Crippen molar-refractivity contribution < 1.29 is 9.53 Å². The lowest BCUT2D eigenvalue weighted by molar-refractivity contribution is 0.0292. The highest BCUT2D eigenvalue weighted by Crippen LogP contribution is 2.23. The summed E-state index contributed by atoms with van der Waals surface area (Å²) < 4.78 is 5.43. The first-order valence-electron chi connectivity index (χ1n) is 8.08. The van der Waals surface area contributed by atoms with Gasteiger partial charge in [-0.05, 0) is 27.2 Å². The molecule has 1 fully saturated rings. The molecule has 9 heteroatoms. The van der Waals surface area contributed by atoms with E-state index in [1.165, 1.54) is 6.33 Å². The molecule has 25 heavy (non-hydrogen) atoms. The number of carbonyl (C=O) groups excluding carboxylic acids is 1. The Balaban J connectivity index is 1.73. The second-order valence-corrected chi connectivity index (χ2v) is 7.41. The third-order valence-electron chi connectivity index (χ3n) is 4.00. The SMILES string of the molecule is CN(c1ncc2ncnc(Cl)c2n1)C1CCN(C(=O)OC(C)(C)C)C1. The van der Waals surface area contributed by atoms with Crippen LogP contribution in [0.15, 0.2) is 12.5 Å². The Hall–Kier alpha value is -2.22. The van der Waals surface area contributed by atoms with Gasteiger partial charge >= 0.3 is 6.09 Å². The smallest absolute Gasteiger partial charge is 0.410 e. The van der Waals surface area contributed by atoms with Gasteiger partial charge in [0, 0.05) is 20.1 Å². The Morgan fingerprint density at radius 3 is 2.84 bits per heavy atom. The van der Waals surface area contributed by atoms with Gasteiger partial charge in [-0.3, -0.25) is 0 Å². The van der Waals surface area contributed by atoms with Crippen molar-refractivity contribution in [2.24, 2.45) is 0 Å². The Morgan fingerprint density at radius 2 is 2.12 bits per heavy atom. The fourth-order valence-electron chi connectivity index (χ4n) is 2.70. The summed E-state index contributed by atoms with van der Waals surface area (Å²) in [6, 6.07) is 0.105. The monoisotopic (exact) mass is 364 g/mol. The lowest BCUT2D eigenvalue weighted by Gasteiger charge is -2.26. The predicted octanol–water partition coefficient (Wildman–Crippen LogP) is 2.52. The van der Waals surface area contributed by atoms with E-state index in [1.807, 2.05) is 32.7 Å². The van der Waals surface area contributed by atoms with E-state index >= 15 is 0 Å². The Bertz CT molecular complexity index is 794. The van der Waals surface area contributed by atoms with Crippen LogP contribution in [-0.4, -0.2) is 62.7 Å². The summed E-state index contributed by atoms with van der Waals surface area (Å²) in [5, 5.41) is 0.295. The van der Waals surface area contributed by atoms with E-state index < -0.39 is 5.60 Å². The first-order chi connectivity index (χ1) is 11.7. The molecule has 2 aromatic heterocycles. The second-order valence-electron chi connectivity index (χ2n) is 7.05. The zero-order chi connectivity index (χ0) is 18.2. The van der Waals surface area contributed by atoms with E-state index in [9.17, 15) is 4.79 Å². The predicted molar refractivity (Wildman–Crippen MR) is 94.8 cm³/mol. The van der Waals surface area contributed by atoms with Gasteiger partial charge in [0.15, 0.2) is 5.15 Å². The van der Waals surface area contributed by atoms with Gasteiger partial charge in [0.2, 0.25) is 5.95 Å². The molecule has 0 radical (unpaired) electrons. The minimum Gasteiger partial charge on any atom is -0.444 e. The minimum atomic E-state index is -0.501. The largest absolute Gasteiger partial charge is 0.444 e. The molecule has 1 amide bonds. The van der Waals surface area contributed by atoms with E-state index in [1.54, 1.807) is 11.1 Å². The van der Waals surface area contributed by atoms with Crippen LogP contribution >= 0.6 is 11.6 Å². The van der Waals surface area contributed by atoms with Crippen LogP contribution < -0.4 is 4.90 Å². The van der Waals surface area contributed by atoms with Gasteiger partial charge < -0.3 is 14.5 Å². The molecule has 0 saturated carbocycles. The summed E-state index contributed by atoms with van der Waals surface area (Å²) in [7, 11) is 1.90. The highest BCUT2D eigenvalue weighted by molar-refractivity contribution is 6.33. The number of carbonyl (C=O) groups is 1. The fourth-order valence-corrected chi connectivity index (χ4v) is 2.88. The van der Waals surface area contributed by atoms with E-state index in [4.69, 9.17) is 16.3 Å². The van der Waals surface area contributed by atoms with Gasteiger partial charge in [0.1, 0.15) is 23.0 Å². The summed E-state index contributed by atoms with van der Waals surface area (Å²) >= 11 is 6.09. The molecule has 134 valence electrons. The number of hydrogen-bond donors (Lipinski definition) is 0. The zero-order valence-electron chi connectivity index (χ0n) is 14.7. The van der Waals surface area contributed by atoms with E-state index in [2.05, 4.69) is 19.9 Å². The molecule has 0 N–H and O–H groups in total. The van der Waals surface area contributed by atoms with Gasteiger partial charge in [0.25, 0.3) is 0 Å². The maximum atomic E-state index is 12.2. The van der Waals surface area contributed by atoms with Crippen LogP contribution in [0.3, 0.4) is 0 Å². The molecular formula is C16H21ClN6O2. The highest BCUT2D eigenvalue weighted by Gasteiger charge is 2.32. The van der Waals surface area contributed by atoms with Crippen molar-refractivity contribution in [3.63, 3.8) is 0 Å². The van der Waals surface area contributed by atoms with Crippen molar-refractivity contribution in [2.75, 3.05) is 25.0 Å². The van der Waals surface area contributed by atoms with E-state index in [0.717, 1.165) is 6.42 Å². The summed E-state index contributed by atoms with van der Waals surface area (Å²) in [5.74, 6) is 0.528. The quantitative estimate of drug-likeness (QED) is 0.757. The van der Waals surface area contributed by atoms with Crippen molar-refractivity contribution >= 4 is 34.7 Å². The summed E-state index contributed by atoms with van der Waals surface area (Å²) in [5.41, 5.74) is 0.612. The van der Waals surface area contributed by atoms with E-state index in [0.29, 0.717) is 35.2 Å². The Morgan fingerprint density at radius 1 is 1.36 bits per heavy atom. The standard InChI is InChI=1S/C16H21ClN6O2/c1-16(2,3)25-15(24)23-6-5-10(8-23)22(4)14-18-7-11-12(21-14)13(17)20-9-19-11/h7,9-10H,5-6,8H2,1-4H3. The van der Waals surface area contributed by atoms with Crippen molar-refractivity contribution in [3.8, 4) is 0 Å². The third-order valence-corrected chi connectivity index (χ3v) is 4.27. The number of anilines is 1. The lowest BCUT2D eigenvalue weighted by atomic mass is 10.2. The van der Waals surface area contributed by atoms with Gasteiger partial charge in [-0.2, -0.15) is 0 Å². The van der Waals surface area contributed by atoms with Crippen LogP contribution in [0, 0.1) is 0 Å². The number of rotatable bonds is 2. The molecule has 0 spiro atoms. The molecule has 2 aromatic rings. The van der Waals surface area contributed by atoms with Crippen molar-refractivity contribution in [2.45, 2.75) is 38.8 Å². The van der Waals surface area contributed by atoms with Gasteiger partial charge in [-0.1, -0.05) is 11.6 Å². The van der Waals surface area contributed by atoms with Crippen LogP contribution in [0.2, 0.25) is 5.15 Å². The fraction of sp³-hybridized carbons (Fsp3) is 0.562. The highest BCUT2D eigenvalue weighted by atomic mass is 35.5. The molecular weight excluding hydrogens is 344 g/mol. The third kappa shape index (κ3) is 3.89. The molecule has 3 heterocycles. The average molecular weight is 365 g/mol. The van der Waals surface area contributed by atoms with Crippen LogP contribution in [-0.2, 0) is 4.74 Å². The van der Waals surface area contributed by atoms with E-state index in [-0.39, 0.29) is 12.1 Å². The van der Waals surface area contributed by atoms with Crippen LogP contribution in [0.4, 0.5) is 10.7 Å². The number of amides is 1. The molecule has 1 unspecified atom stereocenters. The lowest BCUT2D eigenvalue weighted by Crippen LogP contribution is -2.39. The summed E-state index contributed by atoms with van der Waals surface area (Å²) in [6.07, 6.45) is 3.53. The Kier molecular flexibility index (Phi) is 4.64. The van der Waals surface area contributed by atoms with Gasteiger partial charge in [-0.15, -0.1) is 0 Å². The first kappa shape index (κ1) is 17.6. The molecule has 0 bridgehead atoms. The van der Waals surface area contributed by atoms with Gasteiger partial charge in [0.05, 0.1) is 12.2 Å². The number of likely N-dealkylation sites (tertiary alicyclic amines) is 1. The van der Waals surface area contributed by atoms with Crippen molar-refractivity contribution in [1.82, 2.24) is 24.8 Å². The maximum absolute atomic E-state index is 12.2. The Labute approximate surface area is 151 Å². The molecule has 0 aromatic carbocycles. The number of nitrogens with zero attached hydrogens (tertiary/aromatic N) is 6. The molecule has 1 aliphatic rings. The summed E-state index contributed by atoms with van der Waals surface area (Å²) in [4.78, 5) is 32.7. The van der Waals surface area contributed by atoms with Gasteiger partial charge in [-0.25, -0.2) is 24.7 Å². The maximum Gasteiger partial charge on any atom is 0.410 e. The van der Waals surface area contributed by atoms with Crippen LogP contribution in [0.5, 0.6) is 0 Å². The topological polar surface area (TPSA) is 84.3 Å². The molecule has 1 aliphatic heterocycles. The number of ether oxygens (including phenoxy) is 1.